The number of benzene rings is 2. The minimum Gasteiger partial charge on any atom is -0.497 e. The number of H-pyrrole nitrogens is 1. The highest BCUT2D eigenvalue weighted by Crippen LogP contribution is 2.66. The predicted octanol–water partition coefficient (Wildman–Crippen LogP) is 3.36. The second-order valence-corrected chi connectivity index (χ2v) is 6.88. The lowest BCUT2D eigenvalue weighted by Crippen LogP contribution is -2.32. The van der Waals surface area contributed by atoms with Crippen LogP contribution < -0.4 is 9.64 Å². The summed E-state index contributed by atoms with van der Waals surface area (Å²) in [5.74, 6) is 1.22. The molecule has 5 nitrogen and oxygen atoms in total. The first kappa shape index (κ1) is 14.5. The van der Waals surface area contributed by atoms with Gasteiger partial charge in [-0.15, -0.1) is 0 Å². The Morgan fingerprint density at radius 2 is 2.20 bits per heavy atom. The van der Waals surface area contributed by atoms with Crippen LogP contribution in [0.3, 0.4) is 0 Å². The van der Waals surface area contributed by atoms with Gasteiger partial charge in [0.1, 0.15) is 5.75 Å². The van der Waals surface area contributed by atoms with E-state index in [1.165, 1.54) is 5.56 Å². The van der Waals surface area contributed by atoms with E-state index in [1.54, 1.807) is 7.11 Å². The Labute approximate surface area is 145 Å². The molecule has 0 radical (unpaired) electrons. The maximum absolute atomic E-state index is 13.2. The first-order chi connectivity index (χ1) is 12.2. The molecule has 1 aliphatic carbocycles. The van der Waals surface area contributed by atoms with E-state index in [0.29, 0.717) is 6.54 Å². The smallest absolute Gasteiger partial charge is 0.238 e. The Morgan fingerprint density at radius 3 is 3.00 bits per heavy atom. The number of ether oxygens (including phenoxy) is 1. The molecule has 0 bridgehead atoms. The summed E-state index contributed by atoms with van der Waals surface area (Å²) in [5, 5.41) is 8.21. The number of nitrogens with zero attached hydrogens (tertiary/aromatic N) is 2. The van der Waals surface area contributed by atoms with Crippen molar-refractivity contribution in [1.29, 1.82) is 0 Å². The maximum atomic E-state index is 13.2. The Bertz CT molecular complexity index is 1010. The molecule has 0 unspecified atom stereocenters. The lowest BCUT2D eigenvalue weighted by atomic mass is 9.91. The van der Waals surface area contributed by atoms with Crippen LogP contribution in [0.15, 0.2) is 42.6 Å². The summed E-state index contributed by atoms with van der Waals surface area (Å²) in [4.78, 5) is 15.1. The van der Waals surface area contributed by atoms with Crippen LogP contribution in [0.1, 0.15) is 30.4 Å². The van der Waals surface area contributed by atoms with Crippen molar-refractivity contribution in [3.05, 3.63) is 53.7 Å². The SMILES string of the molecule is CCN1C(=O)[C@@]2(C[C@H]2c2ccc3cn[nH]c3c2)c2cc(OC)ccc21. The molecule has 2 aromatic carbocycles. The molecule has 1 fully saturated rings. The van der Waals surface area contributed by atoms with E-state index in [1.807, 2.05) is 36.2 Å². The zero-order chi connectivity index (χ0) is 17.2. The van der Waals surface area contributed by atoms with E-state index in [-0.39, 0.29) is 11.8 Å². The number of carbonyl (C=O) groups excluding carboxylic acids is 1. The van der Waals surface area contributed by atoms with Crippen LogP contribution in [0.2, 0.25) is 0 Å². The predicted molar refractivity (Wildman–Crippen MR) is 96.2 cm³/mol. The minimum absolute atomic E-state index is 0.204. The molecule has 2 aliphatic rings. The maximum Gasteiger partial charge on any atom is 0.238 e. The number of aromatic nitrogens is 2. The van der Waals surface area contributed by atoms with Crippen molar-refractivity contribution < 1.29 is 9.53 Å². The highest BCUT2D eigenvalue weighted by Gasteiger charge is 2.67. The van der Waals surface area contributed by atoms with Gasteiger partial charge in [0, 0.05) is 23.5 Å². The lowest BCUT2D eigenvalue weighted by molar-refractivity contribution is -0.120. The zero-order valence-corrected chi connectivity index (χ0v) is 14.2. The Morgan fingerprint density at radius 1 is 1.32 bits per heavy atom. The second-order valence-electron chi connectivity index (χ2n) is 6.88. The largest absolute Gasteiger partial charge is 0.497 e. The van der Waals surface area contributed by atoms with E-state index in [4.69, 9.17) is 4.74 Å². The van der Waals surface area contributed by atoms with Crippen LogP contribution in [0.5, 0.6) is 5.75 Å². The Balaban J connectivity index is 1.63. The van der Waals surface area contributed by atoms with Gasteiger partial charge in [-0.25, -0.2) is 0 Å². The summed E-state index contributed by atoms with van der Waals surface area (Å²) in [6.07, 6.45) is 2.67. The highest BCUT2D eigenvalue weighted by atomic mass is 16.5. The molecule has 5 heteroatoms. The summed E-state index contributed by atoms with van der Waals surface area (Å²) >= 11 is 0. The zero-order valence-electron chi connectivity index (χ0n) is 14.2. The summed E-state index contributed by atoms with van der Waals surface area (Å²) in [6, 6.07) is 12.3. The third-order valence-electron chi connectivity index (χ3n) is 5.75. The van der Waals surface area contributed by atoms with Crippen molar-refractivity contribution in [2.75, 3.05) is 18.6 Å². The summed E-state index contributed by atoms with van der Waals surface area (Å²) in [7, 11) is 1.67. The molecule has 1 spiro atoms. The van der Waals surface area contributed by atoms with Gasteiger partial charge in [0.25, 0.3) is 0 Å². The van der Waals surface area contributed by atoms with Gasteiger partial charge in [-0.05, 0) is 48.7 Å². The first-order valence-corrected chi connectivity index (χ1v) is 8.62. The standard InChI is InChI=1S/C20H19N3O2/c1-3-23-18-7-6-14(25-2)9-15(18)20(19(23)24)10-16(20)12-4-5-13-11-21-22-17(13)8-12/h4-9,11,16H,3,10H2,1-2H3,(H,21,22)/t16-,20-/m0/s1. The number of hydrogen-bond acceptors (Lipinski definition) is 3. The summed E-state index contributed by atoms with van der Waals surface area (Å²) < 4.78 is 5.41. The average Bonchev–Trinajstić information content (AvgIpc) is 3.14. The van der Waals surface area contributed by atoms with Gasteiger partial charge in [-0.3, -0.25) is 9.89 Å². The number of nitrogens with one attached hydrogen (secondary N) is 1. The summed E-state index contributed by atoms with van der Waals surface area (Å²) in [6.45, 7) is 2.71. The van der Waals surface area contributed by atoms with E-state index < -0.39 is 5.41 Å². The summed E-state index contributed by atoms with van der Waals surface area (Å²) in [5.41, 5.74) is 3.90. The number of amides is 1. The third kappa shape index (κ3) is 1.78. The van der Waals surface area contributed by atoms with Gasteiger partial charge < -0.3 is 9.64 Å². The number of anilines is 1. The van der Waals surface area contributed by atoms with Crippen molar-refractivity contribution in [2.24, 2.45) is 0 Å². The van der Waals surface area contributed by atoms with Crippen molar-refractivity contribution in [3.8, 4) is 5.75 Å². The fourth-order valence-corrected chi connectivity index (χ4v) is 4.39. The molecular formula is C20H19N3O2. The topological polar surface area (TPSA) is 58.2 Å². The fourth-order valence-electron chi connectivity index (χ4n) is 4.39. The molecule has 1 aromatic heterocycles. The van der Waals surface area contributed by atoms with Crippen LogP contribution in [0.25, 0.3) is 10.9 Å². The number of aromatic amines is 1. The van der Waals surface area contributed by atoms with Crippen LogP contribution in [0, 0.1) is 0 Å². The normalized spacial score (nSPS) is 24.2. The van der Waals surface area contributed by atoms with Gasteiger partial charge >= 0.3 is 0 Å². The Hall–Kier alpha value is -2.82. The van der Waals surface area contributed by atoms with E-state index in [9.17, 15) is 4.79 Å². The number of methoxy groups -OCH3 is 1. The number of rotatable bonds is 3. The van der Waals surface area contributed by atoms with Gasteiger partial charge in [-0.1, -0.05) is 12.1 Å². The van der Waals surface area contributed by atoms with Gasteiger partial charge in [0.05, 0.1) is 24.2 Å². The molecule has 0 saturated heterocycles. The number of carbonyl (C=O) groups is 1. The molecule has 1 aliphatic heterocycles. The van der Waals surface area contributed by atoms with Crippen LogP contribution in [-0.4, -0.2) is 29.8 Å². The molecule has 25 heavy (non-hydrogen) atoms. The second kappa shape index (κ2) is 4.85. The molecule has 126 valence electrons. The third-order valence-corrected chi connectivity index (χ3v) is 5.75. The van der Waals surface area contributed by atoms with E-state index >= 15 is 0 Å². The van der Waals surface area contributed by atoms with Crippen LogP contribution in [-0.2, 0) is 10.2 Å². The van der Waals surface area contributed by atoms with Crippen molar-refractivity contribution in [3.63, 3.8) is 0 Å². The molecule has 2 heterocycles. The van der Waals surface area contributed by atoms with E-state index in [0.717, 1.165) is 34.3 Å². The van der Waals surface area contributed by atoms with Crippen molar-refractivity contribution >= 4 is 22.5 Å². The van der Waals surface area contributed by atoms with Gasteiger partial charge in [-0.2, -0.15) is 5.10 Å². The van der Waals surface area contributed by atoms with Gasteiger partial charge in [0.15, 0.2) is 0 Å². The minimum atomic E-state index is -0.437. The molecule has 2 atom stereocenters. The molecule has 1 N–H and O–H groups in total. The highest BCUT2D eigenvalue weighted by molar-refractivity contribution is 6.11. The molecular weight excluding hydrogens is 314 g/mol. The van der Waals surface area contributed by atoms with Crippen molar-refractivity contribution in [1.82, 2.24) is 10.2 Å². The fraction of sp³-hybridized carbons (Fsp3) is 0.300. The monoisotopic (exact) mass is 333 g/mol. The molecule has 5 rings (SSSR count). The number of likely N-dealkylation sites (N-methyl/N-ethyl adjacent to an activating group) is 1. The Kier molecular flexibility index (Phi) is 2.82. The van der Waals surface area contributed by atoms with Crippen LogP contribution in [0.4, 0.5) is 5.69 Å². The molecule has 1 amide bonds. The molecule has 1 saturated carbocycles. The van der Waals surface area contributed by atoms with Gasteiger partial charge in [0.2, 0.25) is 5.91 Å². The lowest BCUT2D eigenvalue weighted by Gasteiger charge is -2.15. The van der Waals surface area contributed by atoms with Crippen molar-refractivity contribution in [2.45, 2.75) is 24.7 Å². The number of hydrogen-bond donors (Lipinski definition) is 1. The molecule has 3 aromatic rings. The van der Waals surface area contributed by atoms with E-state index in [2.05, 4.69) is 28.4 Å². The quantitative estimate of drug-likeness (QED) is 0.799. The number of fused-ring (bicyclic) bond motifs is 3. The van der Waals surface area contributed by atoms with Crippen LogP contribution >= 0.6 is 0 Å². The first-order valence-electron chi connectivity index (χ1n) is 8.62. The average molecular weight is 333 g/mol.